The number of hydrogen-bond donors (Lipinski definition) is 1. The molecule has 1 aromatic heterocycles. The summed E-state index contributed by atoms with van der Waals surface area (Å²) >= 11 is 0. The minimum atomic E-state index is 0.497. The molecule has 3 nitrogen and oxygen atoms in total. The van der Waals surface area contributed by atoms with Crippen molar-refractivity contribution in [2.45, 2.75) is 0 Å². The molecule has 2 N–H and O–H groups in total. The number of aromatic nitrogens is 1. The Kier molecular flexibility index (Phi) is 3.17. The van der Waals surface area contributed by atoms with Gasteiger partial charge in [-0.3, -0.25) is 9.78 Å². The van der Waals surface area contributed by atoms with Crippen molar-refractivity contribution in [3.8, 4) is 0 Å². The van der Waals surface area contributed by atoms with Gasteiger partial charge in [-0.05, 0) is 18.2 Å². The standard InChI is InChI=1S/C9H10N2O/c10-5-1-2-9-4-3-8(7-12)6-11-9/h1-4,6-7H,5,10H2. The van der Waals surface area contributed by atoms with E-state index in [-0.39, 0.29) is 0 Å². The van der Waals surface area contributed by atoms with Crippen molar-refractivity contribution in [3.63, 3.8) is 0 Å². The van der Waals surface area contributed by atoms with Gasteiger partial charge >= 0.3 is 0 Å². The number of pyridine rings is 1. The lowest BCUT2D eigenvalue weighted by Gasteiger charge is -1.91. The number of rotatable bonds is 3. The maximum absolute atomic E-state index is 10.3. The van der Waals surface area contributed by atoms with Crippen LogP contribution in [0.3, 0.4) is 0 Å². The van der Waals surface area contributed by atoms with Gasteiger partial charge in [0.05, 0.1) is 5.69 Å². The van der Waals surface area contributed by atoms with Crippen molar-refractivity contribution in [3.05, 3.63) is 35.7 Å². The van der Waals surface area contributed by atoms with Crippen molar-refractivity contribution in [1.29, 1.82) is 0 Å². The van der Waals surface area contributed by atoms with Gasteiger partial charge in [0.15, 0.2) is 6.29 Å². The molecule has 1 aromatic rings. The maximum Gasteiger partial charge on any atom is 0.151 e. The van der Waals surface area contributed by atoms with Crippen molar-refractivity contribution < 1.29 is 4.79 Å². The summed E-state index contributed by atoms with van der Waals surface area (Å²) in [4.78, 5) is 14.3. The van der Waals surface area contributed by atoms with Gasteiger partial charge in [-0.15, -0.1) is 0 Å². The SMILES string of the molecule is NCC=Cc1ccc(C=O)cn1. The third-order valence-electron chi connectivity index (χ3n) is 1.37. The zero-order chi connectivity index (χ0) is 8.81. The molecule has 0 radical (unpaired) electrons. The predicted octanol–water partition coefficient (Wildman–Crippen LogP) is 0.866. The van der Waals surface area contributed by atoms with Gasteiger partial charge in [0.2, 0.25) is 0 Å². The fourth-order valence-corrected chi connectivity index (χ4v) is 0.774. The highest BCUT2D eigenvalue weighted by Gasteiger charge is 1.89. The van der Waals surface area contributed by atoms with E-state index in [4.69, 9.17) is 5.73 Å². The molecule has 0 aliphatic rings. The summed E-state index contributed by atoms with van der Waals surface area (Å²) in [6, 6.07) is 3.49. The summed E-state index contributed by atoms with van der Waals surface area (Å²) in [5.74, 6) is 0. The Morgan fingerprint density at radius 3 is 2.83 bits per heavy atom. The molecule has 62 valence electrons. The van der Waals surface area contributed by atoms with E-state index < -0.39 is 0 Å². The number of carbonyl (C=O) groups is 1. The van der Waals surface area contributed by atoms with E-state index in [1.165, 1.54) is 6.20 Å². The van der Waals surface area contributed by atoms with Crippen molar-refractivity contribution >= 4 is 12.4 Å². The Bertz CT molecular complexity index is 277. The van der Waals surface area contributed by atoms with E-state index in [0.717, 1.165) is 12.0 Å². The van der Waals surface area contributed by atoms with Gasteiger partial charge in [-0.25, -0.2) is 0 Å². The van der Waals surface area contributed by atoms with Crippen LogP contribution < -0.4 is 5.73 Å². The lowest BCUT2D eigenvalue weighted by atomic mass is 10.2. The van der Waals surface area contributed by atoms with Crippen LogP contribution in [0.4, 0.5) is 0 Å². The second-order valence-electron chi connectivity index (χ2n) is 2.27. The highest BCUT2D eigenvalue weighted by Crippen LogP contribution is 1.99. The van der Waals surface area contributed by atoms with Crippen LogP contribution in [0.25, 0.3) is 6.08 Å². The van der Waals surface area contributed by atoms with E-state index in [2.05, 4.69) is 4.98 Å². The average Bonchev–Trinajstić information content (AvgIpc) is 2.15. The molecule has 0 spiro atoms. The predicted molar refractivity (Wildman–Crippen MR) is 47.7 cm³/mol. The second kappa shape index (κ2) is 4.41. The zero-order valence-electron chi connectivity index (χ0n) is 6.60. The molecule has 0 amide bonds. The molecule has 0 fully saturated rings. The quantitative estimate of drug-likeness (QED) is 0.671. The first kappa shape index (κ1) is 8.62. The fraction of sp³-hybridized carbons (Fsp3) is 0.111. The number of aldehydes is 1. The summed E-state index contributed by atoms with van der Waals surface area (Å²) in [7, 11) is 0. The smallest absolute Gasteiger partial charge is 0.151 e. The summed E-state index contributed by atoms with van der Waals surface area (Å²) in [6.07, 6.45) is 5.92. The van der Waals surface area contributed by atoms with Gasteiger partial charge in [-0.1, -0.05) is 6.08 Å². The first-order valence-electron chi connectivity index (χ1n) is 3.64. The zero-order valence-corrected chi connectivity index (χ0v) is 6.60. The van der Waals surface area contributed by atoms with E-state index >= 15 is 0 Å². The van der Waals surface area contributed by atoms with Crippen LogP contribution in [0, 0.1) is 0 Å². The molecule has 1 rings (SSSR count). The van der Waals surface area contributed by atoms with Crippen LogP contribution in [0.1, 0.15) is 16.1 Å². The Morgan fingerprint density at radius 1 is 1.50 bits per heavy atom. The van der Waals surface area contributed by atoms with Crippen LogP contribution in [-0.2, 0) is 0 Å². The van der Waals surface area contributed by atoms with Crippen LogP contribution in [0.5, 0.6) is 0 Å². The lowest BCUT2D eigenvalue weighted by Crippen LogP contribution is -1.92. The van der Waals surface area contributed by atoms with Crippen molar-refractivity contribution in [1.82, 2.24) is 4.98 Å². The van der Waals surface area contributed by atoms with E-state index in [9.17, 15) is 4.79 Å². The molecule has 0 saturated heterocycles. The maximum atomic E-state index is 10.3. The van der Waals surface area contributed by atoms with E-state index in [0.29, 0.717) is 12.1 Å². The molecular formula is C9H10N2O. The summed E-state index contributed by atoms with van der Waals surface area (Å²) in [5, 5.41) is 0. The van der Waals surface area contributed by atoms with Crippen LogP contribution in [0.2, 0.25) is 0 Å². The molecule has 1 heterocycles. The molecule has 0 aliphatic carbocycles. The second-order valence-corrected chi connectivity index (χ2v) is 2.27. The molecule has 0 aromatic carbocycles. The minimum Gasteiger partial charge on any atom is -0.327 e. The average molecular weight is 162 g/mol. The fourth-order valence-electron chi connectivity index (χ4n) is 0.774. The van der Waals surface area contributed by atoms with Crippen LogP contribution in [-0.4, -0.2) is 17.8 Å². The summed E-state index contributed by atoms with van der Waals surface area (Å²) in [5.41, 5.74) is 6.66. The number of nitrogens with two attached hydrogens (primary N) is 1. The van der Waals surface area contributed by atoms with Gasteiger partial charge in [-0.2, -0.15) is 0 Å². The van der Waals surface area contributed by atoms with Crippen LogP contribution >= 0.6 is 0 Å². The van der Waals surface area contributed by atoms with Crippen molar-refractivity contribution in [2.24, 2.45) is 5.73 Å². The Balaban J connectivity index is 2.77. The highest BCUT2D eigenvalue weighted by molar-refractivity contribution is 5.74. The normalized spacial score (nSPS) is 10.4. The molecule has 0 bridgehead atoms. The number of carbonyl (C=O) groups excluding carboxylic acids is 1. The lowest BCUT2D eigenvalue weighted by molar-refractivity contribution is 0.112. The molecule has 12 heavy (non-hydrogen) atoms. The van der Waals surface area contributed by atoms with Gasteiger partial charge in [0.1, 0.15) is 0 Å². The monoisotopic (exact) mass is 162 g/mol. The summed E-state index contributed by atoms with van der Waals surface area (Å²) < 4.78 is 0. The Labute approximate surface area is 70.9 Å². The molecular weight excluding hydrogens is 152 g/mol. The minimum absolute atomic E-state index is 0.497. The van der Waals surface area contributed by atoms with Gasteiger partial charge in [0, 0.05) is 18.3 Å². The van der Waals surface area contributed by atoms with Gasteiger partial charge in [0.25, 0.3) is 0 Å². The number of hydrogen-bond acceptors (Lipinski definition) is 3. The summed E-state index contributed by atoms with van der Waals surface area (Å²) in [6.45, 7) is 0.497. The molecule has 0 unspecified atom stereocenters. The largest absolute Gasteiger partial charge is 0.327 e. The van der Waals surface area contributed by atoms with E-state index in [1.54, 1.807) is 12.1 Å². The molecule has 3 heteroatoms. The third kappa shape index (κ3) is 2.29. The third-order valence-corrected chi connectivity index (χ3v) is 1.37. The first-order chi connectivity index (χ1) is 5.86. The van der Waals surface area contributed by atoms with Crippen molar-refractivity contribution in [2.75, 3.05) is 6.54 Å². The molecule has 0 saturated carbocycles. The highest BCUT2D eigenvalue weighted by atomic mass is 16.1. The van der Waals surface area contributed by atoms with Gasteiger partial charge < -0.3 is 5.73 Å². The number of nitrogens with zero attached hydrogens (tertiary/aromatic N) is 1. The Morgan fingerprint density at radius 2 is 2.33 bits per heavy atom. The first-order valence-corrected chi connectivity index (χ1v) is 3.64. The topological polar surface area (TPSA) is 56.0 Å². The van der Waals surface area contributed by atoms with E-state index in [1.807, 2.05) is 12.2 Å². The Hall–Kier alpha value is -1.48. The van der Waals surface area contributed by atoms with Crippen LogP contribution in [0.15, 0.2) is 24.4 Å². The molecule has 0 atom stereocenters. The molecule has 0 aliphatic heterocycles.